The summed E-state index contributed by atoms with van der Waals surface area (Å²) in [5.74, 6) is 1.05. The van der Waals surface area contributed by atoms with E-state index in [4.69, 9.17) is 10.5 Å². The number of nitrogens with zero attached hydrogens (tertiary/aromatic N) is 2. The van der Waals surface area contributed by atoms with E-state index in [2.05, 4.69) is 18.8 Å². The standard InChI is InChI=1S/C12H25N3O2/c1-9(2)5-14-11(13)15-6-10(7-16)17-12(3,4)8-15/h9-10,16H,5-8H2,1-4H3,(H2,13,14). The molecule has 5 nitrogen and oxygen atoms in total. The van der Waals surface area contributed by atoms with Crippen LogP contribution in [0.4, 0.5) is 0 Å². The summed E-state index contributed by atoms with van der Waals surface area (Å²) < 4.78 is 5.73. The highest BCUT2D eigenvalue weighted by Crippen LogP contribution is 2.20. The minimum absolute atomic E-state index is 0.0113. The number of morpholine rings is 1. The minimum atomic E-state index is -0.302. The van der Waals surface area contributed by atoms with Gasteiger partial charge in [0.05, 0.1) is 18.3 Å². The van der Waals surface area contributed by atoms with Gasteiger partial charge in [-0.3, -0.25) is 4.99 Å². The van der Waals surface area contributed by atoms with Crippen LogP contribution < -0.4 is 5.73 Å². The number of rotatable bonds is 3. The van der Waals surface area contributed by atoms with E-state index in [9.17, 15) is 5.11 Å². The number of nitrogens with two attached hydrogens (primary N) is 1. The highest BCUT2D eigenvalue weighted by Gasteiger charge is 2.33. The Morgan fingerprint density at radius 1 is 1.59 bits per heavy atom. The quantitative estimate of drug-likeness (QED) is 0.557. The van der Waals surface area contributed by atoms with E-state index < -0.39 is 0 Å². The molecule has 0 aromatic carbocycles. The predicted octanol–water partition coefficient (Wildman–Crippen LogP) is 0.429. The summed E-state index contributed by atoms with van der Waals surface area (Å²) in [6.07, 6.45) is -0.188. The van der Waals surface area contributed by atoms with E-state index in [0.717, 1.165) is 6.54 Å². The monoisotopic (exact) mass is 243 g/mol. The van der Waals surface area contributed by atoms with Crippen LogP contribution in [0.25, 0.3) is 0 Å². The van der Waals surface area contributed by atoms with Crippen molar-refractivity contribution in [3.05, 3.63) is 0 Å². The number of hydrogen-bond acceptors (Lipinski definition) is 3. The molecule has 1 unspecified atom stereocenters. The van der Waals surface area contributed by atoms with Gasteiger partial charge in [-0.1, -0.05) is 13.8 Å². The van der Waals surface area contributed by atoms with Gasteiger partial charge in [-0.05, 0) is 19.8 Å². The molecule has 0 amide bonds. The van der Waals surface area contributed by atoms with Gasteiger partial charge in [-0.15, -0.1) is 0 Å². The molecular formula is C12H25N3O2. The summed E-state index contributed by atoms with van der Waals surface area (Å²) in [6, 6.07) is 0. The Morgan fingerprint density at radius 3 is 2.76 bits per heavy atom. The Hall–Kier alpha value is -0.810. The molecule has 1 rings (SSSR count). The smallest absolute Gasteiger partial charge is 0.191 e. The number of guanidine groups is 1. The van der Waals surface area contributed by atoms with Gasteiger partial charge < -0.3 is 20.5 Å². The zero-order valence-electron chi connectivity index (χ0n) is 11.3. The molecule has 0 saturated carbocycles. The largest absolute Gasteiger partial charge is 0.394 e. The van der Waals surface area contributed by atoms with Gasteiger partial charge >= 0.3 is 0 Å². The third-order valence-corrected chi connectivity index (χ3v) is 2.63. The van der Waals surface area contributed by atoms with E-state index in [1.165, 1.54) is 0 Å². The molecule has 0 aromatic rings. The van der Waals surface area contributed by atoms with Gasteiger partial charge in [-0.2, -0.15) is 0 Å². The fourth-order valence-electron chi connectivity index (χ4n) is 1.94. The lowest BCUT2D eigenvalue weighted by Gasteiger charge is -2.42. The first kappa shape index (κ1) is 14.3. The van der Waals surface area contributed by atoms with Crippen LogP contribution in [-0.4, -0.2) is 53.9 Å². The lowest BCUT2D eigenvalue weighted by molar-refractivity contribution is -0.135. The average Bonchev–Trinajstić information content (AvgIpc) is 2.23. The maximum absolute atomic E-state index is 9.21. The lowest BCUT2D eigenvalue weighted by Crippen LogP contribution is -2.57. The fraction of sp³-hybridized carbons (Fsp3) is 0.917. The van der Waals surface area contributed by atoms with Gasteiger partial charge in [-0.25, -0.2) is 0 Å². The molecule has 100 valence electrons. The Labute approximate surface area is 104 Å². The van der Waals surface area contributed by atoms with Crippen LogP contribution in [0.15, 0.2) is 4.99 Å². The van der Waals surface area contributed by atoms with Crippen molar-refractivity contribution in [3.8, 4) is 0 Å². The molecule has 0 radical (unpaired) electrons. The highest BCUT2D eigenvalue weighted by atomic mass is 16.5. The van der Waals surface area contributed by atoms with Crippen LogP contribution in [0.3, 0.4) is 0 Å². The van der Waals surface area contributed by atoms with Crippen molar-refractivity contribution in [3.63, 3.8) is 0 Å². The highest BCUT2D eigenvalue weighted by molar-refractivity contribution is 5.78. The van der Waals surface area contributed by atoms with E-state index in [0.29, 0.717) is 25.0 Å². The van der Waals surface area contributed by atoms with E-state index >= 15 is 0 Å². The van der Waals surface area contributed by atoms with Crippen molar-refractivity contribution in [1.29, 1.82) is 0 Å². The average molecular weight is 243 g/mol. The molecule has 17 heavy (non-hydrogen) atoms. The molecule has 0 bridgehead atoms. The zero-order valence-corrected chi connectivity index (χ0v) is 11.3. The van der Waals surface area contributed by atoms with Gasteiger partial charge in [0.15, 0.2) is 5.96 Å². The molecule has 1 fully saturated rings. The van der Waals surface area contributed by atoms with E-state index in [-0.39, 0.29) is 18.3 Å². The van der Waals surface area contributed by atoms with Gasteiger partial charge in [0.1, 0.15) is 0 Å². The first-order chi connectivity index (χ1) is 7.84. The topological polar surface area (TPSA) is 71.1 Å². The van der Waals surface area contributed by atoms with Crippen molar-refractivity contribution < 1.29 is 9.84 Å². The summed E-state index contributed by atoms with van der Waals surface area (Å²) in [6.45, 7) is 10.3. The Morgan fingerprint density at radius 2 is 2.24 bits per heavy atom. The van der Waals surface area contributed by atoms with E-state index in [1.807, 2.05) is 18.7 Å². The summed E-state index contributed by atoms with van der Waals surface area (Å²) >= 11 is 0. The summed E-state index contributed by atoms with van der Waals surface area (Å²) in [5, 5.41) is 9.21. The second-order valence-electron chi connectivity index (χ2n) is 5.66. The maximum Gasteiger partial charge on any atom is 0.191 e. The number of hydrogen-bond donors (Lipinski definition) is 2. The molecule has 1 aliphatic rings. The van der Waals surface area contributed by atoms with Crippen LogP contribution >= 0.6 is 0 Å². The van der Waals surface area contributed by atoms with Gasteiger partial charge in [0.2, 0.25) is 0 Å². The SMILES string of the molecule is CC(C)CN=C(N)N1CC(CO)OC(C)(C)C1. The number of aliphatic imine (C=N–C) groups is 1. The van der Waals surface area contributed by atoms with Gasteiger partial charge in [0, 0.05) is 19.6 Å². The van der Waals surface area contributed by atoms with Crippen molar-refractivity contribution in [2.24, 2.45) is 16.6 Å². The normalized spacial score (nSPS) is 25.4. The molecule has 0 aliphatic carbocycles. The van der Waals surface area contributed by atoms with Crippen molar-refractivity contribution in [2.45, 2.75) is 39.4 Å². The van der Waals surface area contributed by atoms with E-state index in [1.54, 1.807) is 0 Å². The second kappa shape index (κ2) is 5.69. The van der Waals surface area contributed by atoms with Crippen molar-refractivity contribution in [1.82, 2.24) is 4.90 Å². The molecule has 1 saturated heterocycles. The molecular weight excluding hydrogens is 218 g/mol. The predicted molar refractivity (Wildman–Crippen MR) is 68.9 cm³/mol. The first-order valence-electron chi connectivity index (χ1n) is 6.17. The van der Waals surface area contributed by atoms with Crippen LogP contribution in [-0.2, 0) is 4.74 Å². The number of aliphatic hydroxyl groups excluding tert-OH is 1. The molecule has 3 N–H and O–H groups in total. The van der Waals surface area contributed by atoms with Crippen LogP contribution in [0.1, 0.15) is 27.7 Å². The fourth-order valence-corrected chi connectivity index (χ4v) is 1.94. The molecule has 1 atom stereocenters. The summed E-state index contributed by atoms with van der Waals surface area (Å²) in [7, 11) is 0. The van der Waals surface area contributed by atoms with Crippen LogP contribution in [0.5, 0.6) is 0 Å². The summed E-state index contributed by atoms with van der Waals surface area (Å²) in [4.78, 5) is 6.36. The zero-order chi connectivity index (χ0) is 13.1. The maximum atomic E-state index is 9.21. The lowest BCUT2D eigenvalue weighted by atomic mass is 10.1. The third kappa shape index (κ3) is 4.52. The minimum Gasteiger partial charge on any atom is -0.394 e. The Balaban J connectivity index is 2.66. The van der Waals surface area contributed by atoms with Gasteiger partial charge in [0.25, 0.3) is 0 Å². The molecule has 1 heterocycles. The van der Waals surface area contributed by atoms with Crippen LogP contribution in [0.2, 0.25) is 0 Å². The molecule has 0 aromatic heterocycles. The molecule has 1 aliphatic heterocycles. The van der Waals surface area contributed by atoms with Crippen molar-refractivity contribution in [2.75, 3.05) is 26.2 Å². The molecule has 5 heteroatoms. The third-order valence-electron chi connectivity index (χ3n) is 2.63. The second-order valence-corrected chi connectivity index (χ2v) is 5.66. The number of aliphatic hydroxyl groups is 1. The first-order valence-corrected chi connectivity index (χ1v) is 6.17. The Kier molecular flexibility index (Phi) is 4.77. The van der Waals surface area contributed by atoms with Crippen LogP contribution in [0, 0.1) is 5.92 Å². The summed E-state index contributed by atoms with van der Waals surface area (Å²) in [5.41, 5.74) is 5.67. The van der Waals surface area contributed by atoms with Crippen molar-refractivity contribution >= 4 is 5.96 Å². The Bertz CT molecular complexity index is 277. The molecule has 0 spiro atoms. The number of ether oxygens (including phenoxy) is 1.